The van der Waals surface area contributed by atoms with Crippen LogP contribution in [0.15, 0.2) is 42.5 Å². The maximum Gasteiger partial charge on any atom is 0.214 e. The van der Waals surface area contributed by atoms with Crippen molar-refractivity contribution in [1.82, 2.24) is 14.9 Å². The highest BCUT2D eigenvalue weighted by Crippen LogP contribution is 2.29. The molecule has 1 aromatic heterocycles. The van der Waals surface area contributed by atoms with Crippen LogP contribution >= 0.6 is 23.8 Å². The first-order chi connectivity index (χ1) is 12.6. The fraction of sp³-hybridized carbons (Fsp3) is 0.222. The second-order valence-corrected chi connectivity index (χ2v) is 6.47. The van der Waals surface area contributed by atoms with Gasteiger partial charge in [-0.05, 0) is 54.5 Å². The molecule has 0 saturated carbocycles. The van der Waals surface area contributed by atoms with Crippen molar-refractivity contribution in [1.29, 1.82) is 0 Å². The Labute approximate surface area is 161 Å². The third-order valence-electron chi connectivity index (χ3n) is 3.82. The second kappa shape index (κ2) is 8.25. The van der Waals surface area contributed by atoms with E-state index in [0.717, 1.165) is 17.0 Å². The zero-order valence-corrected chi connectivity index (χ0v) is 16.0. The summed E-state index contributed by atoms with van der Waals surface area (Å²) in [6, 6.07) is 13.4. The third-order valence-corrected chi connectivity index (χ3v) is 4.34. The first-order valence-corrected chi connectivity index (χ1v) is 8.77. The topological polar surface area (TPSA) is 64.1 Å². The Morgan fingerprint density at radius 2 is 1.88 bits per heavy atom. The van der Waals surface area contributed by atoms with Gasteiger partial charge in [0.2, 0.25) is 4.77 Å². The Kier molecular flexibility index (Phi) is 5.80. The predicted molar refractivity (Wildman–Crippen MR) is 104 cm³/mol. The van der Waals surface area contributed by atoms with E-state index < -0.39 is 0 Å². The minimum Gasteiger partial charge on any atom is -0.493 e. The molecule has 0 spiro atoms. The highest BCUT2D eigenvalue weighted by molar-refractivity contribution is 7.71. The molecule has 136 valence electrons. The van der Waals surface area contributed by atoms with E-state index in [0.29, 0.717) is 34.4 Å². The van der Waals surface area contributed by atoms with Crippen molar-refractivity contribution in [2.24, 2.45) is 0 Å². The van der Waals surface area contributed by atoms with Crippen molar-refractivity contribution in [2.75, 3.05) is 12.5 Å². The number of aryl methyl sites for hydroxylation is 1. The van der Waals surface area contributed by atoms with Gasteiger partial charge in [0.15, 0.2) is 11.5 Å². The summed E-state index contributed by atoms with van der Waals surface area (Å²) in [7, 11) is 1.62. The number of nitrogens with one attached hydrogen (secondary N) is 2. The maximum atomic E-state index is 5.90. The fourth-order valence-corrected chi connectivity index (χ4v) is 2.78. The number of hydrogen-bond acceptors (Lipinski definition) is 5. The molecule has 0 aliphatic carbocycles. The Hall–Kier alpha value is -2.51. The van der Waals surface area contributed by atoms with E-state index in [1.54, 1.807) is 11.8 Å². The van der Waals surface area contributed by atoms with Crippen molar-refractivity contribution < 1.29 is 9.47 Å². The van der Waals surface area contributed by atoms with Gasteiger partial charge in [0, 0.05) is 5.02 Å². The minimum absolute atomic E-state index is 0.439. The molecule has 0 unspecified atom stereocenters. The highest BCUT2D eigenvalue weighted by atomic mass is 35.5. The molecule has 0 atom stereocenters. The van der Waals surface area contributed by atoms with Crippen molar-refractivity contribution in [3.05, 3.63) is 69.2 Å². The number of H-pyrrole nitrogens is 1. The number of nitrogens with zero attached hydrogens (tertiary/aromatic N) is 2. The number of aromatic amines is 1. The highest BCUT2D eigenvalue weighted by Gasteiger charge is 2.07. The van der Waals surface area contributed by atoms with Gasteiger partial charge in [-0.25, -0.2) is 4.68 Å². The van der Waals surface area contributed by atoms with E-state index in [-0.39, 0.29) is 0 Å². The smallest absolute Gasteiger partial charge is 0.214 e. The average molecular weight is 391 g/mol. The van der Waals surface area contributed by atoms with Gasteiger partial charge >= 0.3 is 0 Å². The summed E-state index contributed by atoms with van der Waals surface area (Å²) in [5.41, 5.74) is 5.29. The van der Waals surface area contributed by atoms with Gasteiger partial charge in [0.05, 0.1) is 13.7 Å². The Bertz CT molecular complexity index is 937. The first kappa shape index (κ1) is 18.3. The monoisotopic (exact) mass is 390 g/mol. The van der Waals surface area contributed by atoms with Crippen LogP contribution in [0.1, 0.15) is 17.0 Å². The van der Waals surface area contributed by atoms with E-state index in [1.165, 1.54) is 0 Å². The molecule has 2 aromatic carbocycles. The molecule has 8 heteroatoms. The third kappa shape index (κ3) is 4.36. The zero-order valence-electron chi connectivity index (χ0n) is 14.5. The van der Waals surface area contributed by atoms with Crippen LogP contribution in [0, 0.1) is 11.7 Å². The van der Waals surface area contributed by atoms with Gasteiger partial charge in [-0.15, -0.1) is 0 Å². The lowest BCUT2D eigenvalue weighted by Gasteiger charge is -2.13. The Balaban J connectivity index is 1.67. The molecule has 2 N–H and O–H groups in total. The van der Waals surface area contributed by atoms with Crippen LogP contribution in [-0.2, 0) is 13.2 Å². The van der Waals surface area contributed by atoms with Crippen molar-refractivity contribution in [2.45, 2.75) is 20.1 Å². The number of rotatable bonds is 7. The van der Waals surface area contributed by atoms with E-state index in [1.807, 2.05) is 49.4 Å². The SMILES string of the molecule is COc1cc(CNn2c(C)n[nH]c2=S)ccc1OCc1ccc(Cl)cc1. The molecule has 0 aliphatic rings. The van der Waals surface area contributed by atoms with E-state index in [9.17, 15) is 0 Å². The molecule has 1 heterocycles. The number of methoxy groups -OCH3 is 1. The van der Waals surface area contributed by atoms with Crippen molar-refractivity contribution in [3.8, 4) is 11.5 Å². The van der Waals surface area contributed by atoms with Crippen LogP contribution in [-0.4, -0.2) is 22.0 Å². The van der Waals surface area contributed by atoms with E-state index >= 15 is 0 Å². The minimum atomic E-state index is 0.439. The lowest BCUT2D eigenvalue weighted by atomic mass is 10.2. The summed E-state index contributed by atoms with van der Waals surface area (Å²) in [6.07, 6.45) is 0. The quantitative estimate of drug-likeness (QED) is 0.591. The van der Waals surface area contributed by atoms with Gasteiger partial charge in [0.1, 0.15) is 12.4 Å². The number of aromatic nitrogens is 3. The maximum absolute atomic E-state index is 5.90. The van der Waals surface area contributed by atoms with Gasteiger partial charge in [-0.2, -0.15) is 5.10 Å². The van der Waals surface area contributed by atoms with Crippen LogP contribution in [0.25, 0.3) is 0 Å². The molecular weight excluding hydrogens is 372 g/mol. The summed E-state index contributed by atoms with van der Waals surface area (Å²) < 4.78 is 13.6. The standard InChI is InChI=1S/C18H19ClN4O2S/c1-12-21-22-18(26)23(12)20-10-14-5-8-16(17(9-14)24-2)25-11-13-3-6-15(19)7-4-13/h3-9,20H,10-11H2,1-2H3,(H,22,26). The number of hydrogen-bond donors (Lipinski definition) is 2. The zero-order chi connectivity index (χ0) is 18.5. The first-order valence-electron chi connectivity index (χ1n) is 7.99. The second-order valence-electron chi connectivity index (χ2n) is 5.65. The number of halogens is 1. The summed E-state index contributed by atoms with van der Waals surface area (Å²) >= 11 is 11.1. The van der Waals surface area contributed by atoms with Crippen molar-refractivity contribution >= 4 is 23.8 Å². The summed E-state index contributed by atoms with van der Waals surface area (Å²) in [4.78, 5) is 0. The summed E-state index contributed by atoms with van der Waals surface area (Å²) in [5.74, 6) is 2.12. The molecule has 0 amide bonds. The summed E-state index contributed by atoms with van der Waals surface area (Å²) in [5, 5.41) is 7.51. The summed E-state index contributed by atoms with van der Waals surface area (Å²) in [6.45, 7) is 2.88. The van der Waals surface area contributed by atoms with Crippen molar-refractivity contribution in [3.63, 3.8) is 0 Å². The molecule has 26 heavy (non-hydrogen) atoms. The molecule has 6 nitrogen and oxygen atoms in total. The van der Waals surface area contributed by atoms with Crippen LogP contribution in [0.2, 0.25) is 5.02 Å². The Morgan fingerprint density at radius 3 is 2.54 bits per heavy atom. The molecule has 0 aliphatic heterocycles. The lowest BCUT2D eigenvalue weighted by Crippen LogP contribution is -2.16. The van der Waals surface area contributed by atoms with Crippen LogP contribution in [0.3, 0.4) is 0 Å². The van der Waals surface area contributed by atoms with Crippen LogP contribution in [0.4, 0.5) is 0 Å². The number of ether oxygens (including phenoxy) is 2. The fourth-order valence-electron chi connectivity index (χ4n) is 2.42. The molecule has 3 aromatic rings. The van der Waals surface area contributed by atoms with Gasteiger partial charge in [-0.3, -0.25) is 5.10 Å². The van der Waals surface area contributed by atoms with Gasteiger partial charge < -0.3 is 14.9 Å². The van der Waals surface area contributed by atoms with Crippen LogP contribution < -0.4 is 14.9 Å². The largest absolute Gasteiger partial charge is 0.493 e. The molecular formula is C18H19ClN4O2S. The van der Waals surface area contributed by atoms with E-state index in [2.05, 4.69) is 15.6 Å². The van der Waals surface area contributed by atoms with Gasteiger partial charge in [0.25, 0.3) is 0 Å². The molecule has 0 radical (unpaired) electrons. The Morgan fingerprint density at radius 1 is 1.15 bits per heavy atom. The van der Waals surface area contributed by atoms with Gasteiger partial charge in [-0.1, -0.05) is 29.8 Å². The normalized spacial score (nSPS) is 10.6. The predicted octanol–water partition coefficient (Wildman–Crippen LogP) is 4.23. The lowest BCUT2D eigenvalue weighted by molar-refractivity contribution is 0.284. The van der Waals surface area contributed by atoms with Crippen LogP contribution in [0.5, 0.6) is 11.5 Å². The molecule has 3 rings (SSSR count). The molecule has 0 saturated heterocycles. The molecule has 0 fully saturated rings. The number of benzene rings is 2. The molecule has 0 bridgehead atoms. The van der Waals surface area contributed by atoms with E-state index in [4.69, 9.17) is 33.3 Å². The average Bonchev–Trinajstić information content (AvgIpc) is 2.97.